The van der Waals surface area contributed by atoms with Crippen molar-refractivity contribution in [2.45, 2.75) is 45.7 Å². The van der Waals surface area contributed by atoms with Gasteiger partial charge in [-0.15, -0.1) is 0 Å². The molecule has 1 N–H and O–H groups in total. The maximum atomic E-state index is 11.9. The Bertz CT molecular complexity index is 403. The number of nitrogens with one attached hydrogen (secondary N) is 1. The van der Waals surface area contributed by atoms with Gasteiger partial charge in [0, 0.05) is 18.4 Å². The molecule has 18 heavy (non-hydrogen) atoms. The highest BCUT2D eigenvalue weighted by molar-refractivity contribution is 5.80. The highest BCUT2D eigenvalue weighted by Crippen LogP contribution is 2.23. The molecule has 1 heterocycles. The van der Waals surface area contributed by atoms with Crippen molar-refractivity contribution >= 4 is 5.97 Å². The summed E-state index contributed by atoms with van der Waals surface area (Å²) in [5.74, 6) is 0.722. The van der Waals surface area contributed by atoms with Gasteiger partial charge < -0.3 is 14.6 Å². The van der Waals surface area contributed by atoms with E-state index in [1.54, 1.807) is 6.20 Å². The fourth-order valence-electron chi connectivity index (χ4n) is 2.39. The molecule has 2 unspecified atom stereocenters. The van der Waals surface area contributed by atoms with Gasteiger partial charge in [-0.25, -0.2) is 4.98 Å². The van der Waals surface area contributed by atoms with Gasteiger partial charge in [0.15, 0.2) is 0 Å². The Morgan fingerprint density at radius 1 is 1.67 bits per heavy atom. The molecule has 0 radical (unpaired) electrons. The third-order valence-corrected chi connectivity index (χ3v) is 3.24. The quantitative estimate of drug-likeness (QED) is 0.784. The molecule has 0 saturated carbocycles. The SMILES string of the molecule is CCNC(C)(CC(C)n1ccnc1C)C(=O)OC. The summed E-state index contributed by atoms with van der Waals surface area (Å²) in [4.78, 5) is 16.1. The first-order chi connectivity index (χ1) is 8.44. The minimum absolute atomic E-state index is 0.177. The monoisotopic (exact) mass is 253 g/mol. The number of rotatable bonds is 6. The zero-order valence-corrected chi connectivity index (χ0v) is 11.9. The number of nitrogens with zero attached hydrogens (tertiary/aromatic N) is 2. The predicted molar refractivity (Wildman–Crippen MR) is 70.4 cm³/mol. The Balaban J connectivity index is 2.84. The van der Waals surface area contributed by atoms with E-state index < -0.39 is 5.54 Å². The highest BCUT2D eigenvalue weighted by Gasteiger charge is 2.35. The lowest BCUT2D eigenvalue weighted by Crippen LogP contribution is -2.51. The molecule has 1 aromatic heterocycles. The standard InChI is InChI=1S/C13H23N3O2/c1-6-15-13(4,12(17)18-5)9-10(2)16-8-7-14-11(16)3/h7-8,10,15H,6,9H2,1-5H3. The van der Waals surface area contributed by atoms with Gasteiger partial charge in [-0.2, -0.15) is 0 Å². The number of aryl methyl sites for hydroxylation is 1. The van der Waals surface area contributed by atoms with Crippen LogP contribution in [-0.4, -0.2) is 34.7 Å². The van der Waals surface area contributed by atoms with Gasteiger partial charge in [0.05, 0.1) is 7.11 Å². The van der Waals surface area contributed by atoms with Crippen LogP contribution in [0.2, 0.25) is 0 Å². The third kappa shape index (κ3) is 3.10. The van der Waals surface area contributed by atoms with Crippen molar-refractivity contribution in [2.24, 2.45) is 0 Å². The molecular formula is C13H23N3O2. The number of carbonyl (C=O) groups excluding carboxylic acids is 1. The van der Waals surface area contributed by atoms with Gasteiger partial charge in [-0.1, -0.05) is 6.92 Å². The van der Waals surface area contributed by atoms with Crippen LogP contribution in [-0.2, 0) is 9.53 Å². The molecule has 0 spiro atoms. The maximum Gasteiger partial charge on any atom is 0.325 e. The van der Waals surface area contributed by atoms with Crippen molar-refractivity contribution in [1.29, 1.82) is 0 Å². The summed E-state index contributed by atoms with van der Waals surface area (Å²) in [6.45, 7) is 8.62. The van der Waals surface area contributed by atoms with Crippen LogP contribution in [0.25, 0.3) is 0 Å². The molecule has 0 bridgehead atoms. The Kier molecular flexibility index (Phi) is 4.90. The molecule has 0 amide bonds. The van der Waals surface area contributed by atoms with Crippen LogP contribution < -0.4 is 5.32 Å². The zero-order valence-electron chi connectivity index (χ0n) is 11.9. The van der Waals surface area contributed by atoms with Gasteiger partial charge in [0.2, 0.25) is 0 Å². The van der Waals surface area contributed by atoms with Crippen molar-refractivity contribution in [2.75, 3.05) is 13.7 Å². The normalized spacial score (nSPS) is 16.1. The first-order valence-corrected chi connectivity index (χ1v) is 6.27. The molecule has 1 rings (SSSR count). The number of imidazole rings is 1. The lowest BCUT2D eigenvalue weighted by atomic mass is 9.93. The molecule has 0 aliphatic carbocycles. The first kappa shape index (κ1) is 14.7. The zero-order chi connectivity index (χ0) is 13.8. The number of esters is 1. The van der Waals surface area contributed by atoms with Crippen LogP contribution in [0.1, 0.15) is 39.1 Å². The van der Waals surface area contributed by atoms with Crippen LogP contribution in [0.4, 0.5) is 0 Å². The molecule has 0 aliphatic heterocycles. The van der Waals surface area contributed by atoms with Gasteiger partial charge in [-0.3, -0.25) is 4.79 Å². The van der Waals surface area contributed by atoms with Gasteiger partial charge >= 0.3 is 5.97 Å². The van der Waals surface area contributed by atoms with Crippen LogP contribution >= 0.6 is 0 Å². The van der Waals surface area contributed by atoms with Crippen LogP contribution in [0, 0.1) is 6.92 Å². The van der Waals surface area contributed by atoms with E-state index >= 15 is 0 Å². The Labute approximate surface area is 109 Å². The summed E-state index contributed by atoms with van der Waals surface area (Å²) in [6, 6.07) is 0.177. The highest BCUT2D eigenvalue weighted by atomic mass is 16.5. The number of hydrogen-bond donors (Lipinski definition) is 1. The molecule has 5 heteroatoms. The lowest BCUT2D eigenvalue weighted by molar-refractivity contribution is -0.148. The van der Waals surface area contributed by atoms with Crippen molar-refractivity contribution in [3.8, 4) is 0 Å². The van der Waals surface area contributed by atoms with Crippen molar-refractivity contribution < 1.29 is 9.53 Å². The number of carbonyl (C=O) groups is 1. The second kappa shape index (κ2) is 6.00. The van der Waals surface area contributed by atoms with E-state index in [4.69, 9.17) is 4.74 Å². The number of hydrogen-bond acceptors (Lipinski definition) is 4. The largest absolute Gasteiger partial charge is 0.468 e. The maximum absolute atomic E-state index is 11.9. The molecule has 2 atom stereocenters. The molecule has 5 nitrogen and oxygen atoms in total. The fraction of sp³-hybridized carbons (Fsp3) is 0.692. The van der Waals surface area contributed by atoms with Crippen molar-refractivity contribution in [1.82, 2.24) is 14.9 Å². The number of ether oxygens (including phenoxy) is 1. The molecule has 0 saturated heterocycles. The lowest BCUT2D eigenvalue weighted by Gasteiger charge is -2.31. The fourth-order valence-corrected chi connectivity index (χ4v) is 2.39. The van der Waals surface area contributed by atoms with E-state index in [-0.39, 0.29) is 12.0 Å². The average molecular weight is 253 g/mol. The number of aromatic nitrogens is 2. The van der Waals surface area contributed by atoms with E-state index in [9.17, 15) is 4.79 Å². The van der Waals surface area contributed by atoms with Crippen molar-refractivity contribution in [3.63, 3.8) is 0 Å². The number of methoxy groups -OCH3 is 1. The molecule has 1 aromatic rings. The number of likely N-dealkylation sites (N-methyl/N-ethyl adjacent to an activating group) is 1. The summed E-state index contributed by atoms with van der Waals surface area (Å²) in [6.07, 6.45) is 4.36. The summed E-state index contributed by atoms with van der Waals surface area (Å²) in [5, 5.41) is 3.21. The molecule has 0 aromatic carbocycles. The van der Waals surface area contributed by atoms with Gasteiger partial charge in [0.1, 0.15) is 11.4 Å². The van der Waals surface area contributed by atoms with E-state index in [2.05, 4.69) is 21.8 Å². The Morgan fingerprint density at radius 2 is 2.33 bits per heavy atom. The molecular weight excluding hydrogens is 230 g/mol. The first-order valence-electron chi connectivity index (χ1n) is 6.27. The van der Waals surface area contributed by atoms with E-state index in [0.717, 1.165) is 12.4 Å². The summed E-state index contributed by atoms with van der Waals surface area (Å²) in [5.41, 5.74) is -0.667. The molecule has 102 valence electrons. The summed E-state index contributed by atoms with van der Waals surface area (Å²) < 4.78 is 6.96. The Hall–Kier alpha value is -1.36. The van der Waals surface area contributed by atoms with Crippen LogP contribution in [0.3, 0.4) is 0 Å². The van der Waals surface area contributed by atoms with Crippen LogP contribution in [0.15, 0.2) is 12.4 Å². The minimum Gasteiger partial charge on any atom is -0.468 e. The van der Waals surface area contributed by atoms with E-state index in [0.29, 0.717) is 6.42 Å². The van der Waals surface area contributed by atoms with Gasteiger partial charge in [0.25, 0.3) is 0 Å². The van der Waals surface area contributed by atoms with E-state index in [1.165, 1.54) is 7.11 Å². The van der Waals surface area contributed by atoms with E-state index in [1.807, 2.05) is 27.0 Å². The van der Waals surface area contributed by atoms with Crippen LogP contribution in [0.5, 0.6) is 0 Å². The summed E-state index contributed by atoms with van der Waals surface area (Å²) in [7, 11) is 1.42. The predicted octanol–water partition coefficient (Wildman–Crippen LogP) is 1.68. The van der Waals surface area contributed by atoms with Gasteiger partial charge in [-0.05, 0) is 33.7 Å². The Morgan fingerprint density at radius 3 is 2.78 bits per heavy atom. The molecule has 0 fully saturated rings. The summed E-state index contributed by atoms with van der Waals surface area (Å²) >= 11 is 0. The smallest absolute Gasteiger partial charge is 0.325 e. The average Bonchev–Trinajstić information content (AvgIpc) is 2.74. The molecule has 0 aliphatic rings. The minimum atomic E-state index is -0.667. The second-order valence-corrected chi connectivity index (χ2v) is 4.79. The topological polar surface area (TPSA) is 56.2 Å². The second-order valence-electron chi connectivity index (χ2n) is 4.79. The third-order valence-electron chi connectivity index (χ3n) is 3.24. The van der Waals surface area contributed by atoms with Crippen molar-refractivity contribution in [3.05, 3.63) is 18.2 Å².